The first kappa shape index (κ1) is 44.4. The molecule has 12 aliphatic heterocycles. The van der Waals surface area contributed by atoms with Crippen LogP contribution in [0.4, 0.5) is 0 Å². The molecule has 12 heterocycles. The molecule has 0 amide bonds. The zero-order valence-electron chi connectivity index (χ0n) is 39.1. The Hall–Kier alpha value is -1.86. The smallest absolute Gasteiger partial charge is 0.331 e. The second-order valence-corrected chi connectivity index (χ2v) is 23.4. The Morgan fingerprint density at radius 3 is 2.18 bits per heavy atom. The number of epoxide rings is 1. The van der Waals surface area contributed by atoms with E-state index in [2.05, 4.69) is 41.2 Å². The van der Waals surface area contributed by atoms with E-state index in [1.807, 2.05) is 13.8 Å². The van der Waals surface area contributed by atoms with E-state index in [9.17, 15) is 14.7 Å². The molecule has 12 rings (SSSR count). The van der Waals surface area contributed by atoms with Crippen molar-refractivity contribution in [2.24, 2.45) is 5.92 Å². The maximum Gasteiger partial charge on any atom is 0.331 e. The highest BCUT2D eigenvalue weighted by Crippen LogP contribution is 2.57. The molecule has 0 aromatic carbocycles. The monoisotopic (exact) mass is 910 g/mol. The highest BCUT2D eigenvalue weighted by Gasteiger charge is 2.68. The van der Waals surface area contributed by atoms with Crippen LogP contribution in [0.1, 0.15) is 126 Å². The number of rotatable bonds is 3. The summed E-state index contributed by atoms with van der Waals surface area (Å²) < 4.78 is 82.4. The van der Waals surface area contributed by atoms with Gasteiger partial charge < -0.3 is 61.9 Å². The van der Waals surface area contributed by atoms with Crippen molar-refractivity contribution in [2.75, 3.05) is 0 Å². The van der Waals surface area contributed by atoms with Crippen LogP contribution in [-0.4, -0.2) is 161 Å². The third kappa shape index (κ3) is 7.24. The van der Waals surface area contributed by atoms with Gasteiger partial charge in [-0.15, -0.1) is 0 Å². The minimum atomic E-state index is -0.923. The first-order chi connectivity index (χ1) is 30.8. The molecule has 25 atom stereocenters. The molecule has 0 saturated carbocycles. The SMILES string of the molecule is C=C(C=O)C[C@@H]1C[C@H](O)[C@]2(C)O[C@@H]3C[C@@H]4O[C@@H]5C[C@]6(C)O[C@]7(C)CC[C@@H]8O[C@@H]9C[C@]%10(C)O[C@@H]%11C(C)=CC(=O)O[C@H]%11C[C@H]%10O[C@H]9C[C@@H](C)[C@H]8O[C@H]7C[C@H]6O[C@@]5(C)C[C@@H]5O[C@@H]5[C@H]4O[C@H]3C[C@H]2O1. The molecule has 0 spiro atoms. The predicted molar refractivity (Wildman–Crippen MR) is 228 cm³/mol. The molecule has 0 aliphatic carbocycles. The normalized spacial score (nSPS) is 58.8. The summed E-state index contributed by atoms with van der Waals surface area (Å²) in [6, 6.07) is 0. The average molecular weight is 911 g/mol. The van der Waals surface area contributed by atoms with Gasteiger partial charge in [-0.25, -0.2) is 4.79 Å². The van der Waals surface area contributed by atoms with Crippen molar-refractivity contribution < 1.29 is 71.5 Å². The average Bonchev–Trinajstić information content (AvgIpc) is 4.02. The van der Waals surface area contributed by atoms with Crippen molar-refractivity contribution in [2.45, 2.75) is 269 Å². The fraction of sp³-hybridized carbons (Fsp3) is 0.880. The van der Waals surface area contributed by atoms with Gasteiger partial charge in [0.2, 0.25) is 0 Å². The van der Waals surface area contributed by atoms with Gasteiger partial charge >= 0.3 is 5.97 Å². The van der Waals surface area contributed by atoms with Crippen LogP contribution in [0.15, 0.2) is 23.8 Å². The topological polar surface area (TPSA) is 168 Å². The standard InChI is InChI=1S/C50H70O15/c1-23(22-51)11-26-14-35(52)50(8)39(54-26)16-29-30(62-50)15-31-44(59-29)45-34(60-45)20-48(6)40(57-31)21-49(7)38(63-48)18-37-46(4,65-49)10-9-27-42(61-37)24(2)12-28-33(55-27)19-47(5)36(56-28)17-32-43(64-47)25(3)13-41(53)58-32/h13,22,24,26-40,42-45,52H,1,9-12,14-21H2,2-8H3/t24-,26-,27+,28+,29+,30-,31+,32+,33-,34+,35+,36-,37+,38-,39-,40-,42-,43-,44+,45+,46-,47+,48+,49+,50+/m1/s1. The van der Waals surface area contributed by atoms with Crippen LogP contribution in [0, 0.1) is 5.92 Å². The van der Waals surface area contributed by atoms with E-state index in [-0.39, 0.29) is 116 Å². The Morgan fingerprint density at radius 1 is 0.662 bits per heavy atom. The second kappa shape index (κ2) is 15.3. The van der Waals surface area contributed by atoms with Gasteiger partial charge in [0.05, 0.1) is 114 Å². The van der Waals surface area contributed by atoms with Crippen molar-refractivity contribution in [3.63, 3.8) is 0 Å². The molecule has 360 valence electrons. The number of hydrogen-bond acceptors (Lipinski definition) is 15. The zero-order valence-corrected chi connectivity index (χ0v) is 39.1. The maximum absolute atomic E-state index is 12.3. The molecule has 15 heteroatoms. The van der Waals surface area contributed by atoms with Crippen LogP contribution in [0.2, 0.25) is 0 Å². The lowest BCUT2D eigenvalue weighted by Gasteiger charge is -2.61. The minimum Gasteiger partial charge on any atom is -0.456 e. The molecule has 0 radical (unpaired) electrons. The number of ether oxygens (including phenoxy) is 12. The van der Waals surface area contributed by atoms with E-state index in [0.717, 1.165) is 31.1 Å². The fourth-order valence-corrected chi connectivity index (χ4v) is 14.7. The van der Waals surface area contributed by atoms with Crippen LogP contribution in [0.5, 0.6) is 0 Å². The summed E-state index contributed by atoms with van der Waals surface area (Å²) in [5, 5.41) is 11.5. The summed E-state index contributed by atoms with van der Waals surface area (Å²) >= 11 is 0. The number of esters is 1. The van der Waals surface area contributed by atoms with Gasteiger partial charge in [-0.05, 0) is 77.9 Å². The molecule has 11 saturated heterocycles. The highest BCUT2D eigenvalue weighted by atomic mass is 16.7. The van der Waals surface area contributed by atoms with Gasteiger partial charge in [0.15, 0.2) is 0 Å². The predicted octanol–water partition coefficient (Wildman–Crippen LogP) is 4.68. The number of carbonyl (C=O) groups excluding carboxylic acids is 2. The molecule has 65 heavy (non-hydrogen) atoms. The first-order valence-electron chi connectivity index (χ1n) is 24.9. The first-order valence-corrected chi connectivity index (χ1v) is 24.9. The molecular weight excluding hydrogens is 841 g/mol. The van der Waals surface area contributed by atoms with Gasteiger partial charge in [-0.3, -0.25) is 4.79 Å². The van der Waals surface area contributed by atoms with E-state index < -0.39 is 40.2 Å². The third-order valence-corrected chi connectivity index (χ3v) is 18.5. The highest BCUT2D eigenvalue weighted by molar-refractivity contribution is 5.84. The molecule has 15 nitrogen and oxygen atoms in total. The quantitative estimate of drug-likeness (QED) is 0.179. The molecule has 0 aromatic rings. The van der Waals surface area contributed by atoms with Gasteiger partial charge in [-0.2, -0.15) is 0 Å². The zero-order chi connectivity index (χ0) is 45.2. The lowest BCUT2D eigenvalue weighted by molar-refractivity contribution is -0.360. The summed E-state index contributed by atoms with van der Waals surface area (Å²) in [4.78, 5) is 23.6. The lowest BCUT2D eigenvalue weighted by atomic mass is 9.72. The molecule has 1 N–H and O–H groups in total. The Morgan fingerprint density at radius 2 is 1.37 bits per heavy atom. The van der Waals surface area contributed by atoms with E-state index >= 15 is 0 Å². The van der Waals surface area contributed by atoms with E-state index in [0.29, 0.717) is 63.4 Å². The number of aliphatic hydroxyl groups excluding tert-OH is 1. The Balaban J connectivity index is 0.741. The van der Waals surface area contributed by atoms with Crippen LogP contribution >= 0.6 is 0 Å². The van der Waals surface area contributed by atoms with Crippen LogP contribution in [-0.2, 0) is 66.4 Å². The van der Waals surface area contributed by atoms with Crippen LogP contribution in [0.25, 0.3) is 0 Å². The molecule has 0 unspecified atom stereocenters. The Bertz CT molecular complexity index is 1980. The van der Waals surface area contributed by atoms with Crippen molar-refractivity contribution in [1.82, 2.24) is 0 Å². The van der Waals surface area contributed by atoms with Gasteiger partial charge in [0, 0.05) is 63.9 Å². The number of fused-ring (bicyclic) bond motifs is 12. The lowest BCUT2D eigenvalue weighted by Crippen LogP contribution is -2.71. The molecule has 0 aromatic heterocycles. The van der Waals surface area contributed by atoms with Crippen LogP contribution < -0.4 is 0 Å². The summed E-state index contributed by atoms with van der Waals surface area (Å²) in [6.45, 7) is 18.7. The van der Waals surface area contributed by atoms with E-state index in [1.54, 1.807) is 6.08 Å². The minimum absolute atomic E-state index is 0.0310. The van der Waals surface area contributed by atoms with Crippen molar-refractivity contribution in [1.29, 1.82) is 0 Å². The molecule has 0 bridgehead atoms. The van der Waals surface area contributed by atoms with E-state index in [4.69, 9.17) is 56.8 Å². The molecule has 11 fully saturated rings. The van der Waals surface area contributed by atoms with Crippen LogP contribution in [0.3, 0.4) is 0 Å². The molecule has 12 aliphatic rings. The Labute approximate surface area is 382 Å². The number of hydrogen-bond donors (Lipinski definition) is 1. The number of aliphatic hydroxyl groups is 1. The molecular formula is C50H70O15. The Kier molecular flexibility index (Phi) is 10.5. The third-order valence-electron chi connectivity index (χ3n) is 18.5. The van der Waals surface area contributed by atoms with Crippen molar-refractivity contribution >= 4 is 12.3 Å². The van der Waals surface area contributed by atoms with Crippen molar-refractivity contribution in [3.05, 3.63) is 23.8 Å². The van der Waals surface area contributed by atoms with Gasteiger partial charge in [-0.1, -0.05) is 13.5 Å². The second-order valence-electron chi connectivity index (χ2n) is 23.4. The fourth-order valence-electron chi connectivity index (χ4n) is 14.7. The summed E-state index contributed by atoms with van der Waals surface area (Å²) in [6.07, 6.45) is 4.90. The maximum atomic E-state index is 12.3. The number of aldehydes is 1. The van der Waals surface area contributed by atoms with Crippen molar-refractivity contribution in [3.8, 4) is 0 Å². The van der Waals surface area contributed by atoms with Gasteiger partial charge in [0.1, 0.15) is 36.3 Å². The summed E-state index contributed by atoms with van der Waals surface area (Å²) in [5.74, 6) is -0.153. The largest absolute Gasteiger partial charge is 0.456 e. The van der Waals surface area contributed by atoms with Gasteiger partial charge in [0.25, 0.3) is 0 Å². The summed E-state index contributed by atoms with van der Waals surface area (Å²) in [5.41, 5.74) is -2.03. The number of carbonyl (C=O) groups is 2. The van der Waals surface area contributed by atoms with E-state index in [1.165, 1.54) is 0 Å². The summed E-state index contributed by atoms with van der Waals surface area (Å²) in [7, 11) is 0.